The van der Waals surface area contributed by atoms with E-state index in [1.807, 2.05) is 0 Å². The summed E-state index contributed by atoms with van der Waals surface area (Å²) in [5.41, 5.74) is 8.36. The van der Waals surface area contributed by atoms with Gasteiger partial charge in [0, 0.05) is 29.2 Å². The molecule has 0 atom stereocenters. The lowest BCUT2D eigenvalue weighted by Crippen LogP contribution is -2.24. The standard InChI is InChI=1S/C12H21N3/c1-5-10(11(14)7-8-13)12(6-2)15-9(3)4/h5,7-9,13,15H,1,6,14H2,2-4H3/b11-7-,12-10-,13-8?. The molecule has 0 rings (SSSR count). The van der Waals surface area contributed by atoms with Gasteiger partial charge in [-0.3, -0.25) is 0 Å². The Morgan fingerprint density at radius 1 is 1.53 bits per heavy atom. The van der Waals surface area contributed by atoms with Gasteiger partial charge in [-0.2, -0.15) is 0 Å². The Morgan fingerprint density at radius 2 is 2.13 bits per heavy atom. The Labute approximate surface area is 92.3 Å². The molecular formula is C12H21N3. The van der Waals surface area contributed by atoms with E-state index >= 15 is 0 Å². The van der Waals surface area contributed by atoms with Crippen molar-refractivity contribution in [1.29, 1.82) is 5.41 Å². The lowest BCUT2D eigenvalue weighted by Gasteiger charge is -2.16. The first-order valence-electron chi connectivity index (χ1n) is 5.15. The fraction of sp³-hybridized carbons (Fsp3) is 0.417. The Morgan fingerprint density at radius 3 is 2.47 bits per heavy atom. The first kappa shape index (κ1) is 13.5. The van der Waals surface area contributed by atoms with Gasteiger partial charge in [0.2, 0.25) is 0 Å². The average molecular weight is 207 g/mol. The van der Waals surface area contributed by atoms with Crippen molar-refractivity contribution >= 4 is 6.21 Å². The second kappa shape index (κ2) is 6.87. The van der Waals surface area contributed by atoms with E-state index in [9.17, 15) is 0 Å². The summed E-state index contributed by atoms with van der Waals surface area (Å²) in [7, 11) is 0. The molecule has 0 heterocycles. The van der Waals surface area contributed by atoms with E-state index in [-0.39, 0.29) is 0 Å². The van der Waals surface area contributed by atoms with E-state index in [1.165, 1.54) is 6.21 Å². The molecule has 0 spiro atoms. The molecule has 0 aliphatic carbocycles. The molecule has 0 amide bonds. The number of hydrogen-bond donors (Lipinski definition) is 3. The van der Waals surface area contributed by atoms with Gasteiger partial charge in [-0.25, -0.2) is 0 Å². The van der Waals surface area contributed by atoms with Crippen molar-refractivity contribution in [1.82, 2.24) is 5.32 Å². The van der Waals surface area contributed by atoms with Crippen LogP contribution in [0.15, 0.2) is 35.7 Å². The maximum absolute atomic E-state index is 6.98. The largest absolute Gasteiger partial charge is 0.398 e. The lowest BCUT2D eigenvalue weighted by atomic mass is 10.1. The number of nitrogens with one attached hydrogen (secondary N) is 2. The molecule has 84 valence electrons. The van der Waals surface area contributed by atoms with E-state index < -0.39 is 0 Å². The second-order valence-electron chi connectivity index (χ2n) is 3.54. The number of allylic oxidation sites excluding steroid dienone is 3. The summed E-state index contributed by atoms with van der Waals surface area (Å²) < 4.78 is 0. The highest BCUT2D eigenvalue weighted by Gasteiger charge is 2.05. The van der Waals surface area contributed by atoms with Gasteiger partial charge in [0.05, 0.1) is 0 Å². The van der Waals surface area contributed by atoms with Crippen LogP contribution >= 0.6 is 0 Å². The third-order valence-corrected chi connectivity index (χ3v) is 1.92. The van der Waals surface area contributed by atoms with Crippen LogP contribution in [0.2, 0.25) is 0 Å². The van der Waals surface area contributed by atoms with E-state index in [2.05, 4.69) is 32.7 Å². The van der Waals surface area contributed by atoms with Crippen LogP contribution in [0, 0.1) is 5.41 Å². The summed E-state index contributed by atoms with van der Waals surface area (Å²) in [6.45, 7) is 9.96. The number of nitrogens with two attached hydrogens (primary N) is 1. The lowest BCUT2D eigenvalue weighted by molar-refractivity contribution is 0.646. The molecule has 0 unspecified atom stereocenters. The molecule has 0 fully saturated rings. The average Bonchev–Trinajstić information content (AvgIpc) is 2.17. The summed E-state index contributed by atoms with van der Waals surface area (Å²) in [5.74, 6) is 0. The molecule has 0 radical (unpaired) electrons. The van der Waals surface area contributed by atoms with Gasteiger partial charge in [0.25, 0.3) is 0 Å². The summed E-state index contributed by atoms with van der Waals surface area (Å²) in [6.07, 6.45) is 5.34. The zero-order valence-electron chi connectivity index (χ0n) is 9.80. The number of rotatable bonds is 6. The zero-order chi connectivity index (χ0) is 11.8. The minimum absolute atomic E-state index is 0.364. The Bertz CT molecular complexity index is 285. The van der Waals surface area contributed by atoms with Crippen LogP contribution in [-0.4, -0.2) is 12.3 Å². The molecule has 0 bridgehead atoms. The Balaban J connectivity index is 5.14. The molecule has 0 saturated carbocycles. The zero-order valence-corrected chi connectivity index (χ0v) is 9.80. The predicted octanol–water partition coefficient (Wildman–Crippen LogP) is 2.33. The highest BCUT2D eigenvalue weighted by atomic mass is 14.9. The maximum atomic E-state index is 6.98. The molecule has 3 nitrogen and oxygen atoms in total. The van der Waals surface area contributed by atoms with Crippen LogP contribution in [0.4, 0.5) is 0 Å². The van der Waals surface area contributed by atoms with Crippen molar-refractivity contribution in [3.8, 4) is 0 Å². The van der Waals surface area contributed by atoms with Gasteiger partial charge in [0.1, 0.15) is 0 Å². The van der Waals surface area contributed by atoms with Gasteiger partial charge in [0.15, 0.2) is 0 Å². The van der Waals surface area contributed by atoms with Crippen molar-refractivity contribution < 1.29 is 0 Å². The highest BCUT2D eigenvalue weighted by Crippen LogP contribution is 2.13. The first-order valence-corrected chi connectivity index (χ1v) is 5.15. The predicted molar refractivity (Wildman–Crippen MR) is 66.8 cm³/mol. The second-order valence-corrected chi connectivity index (χ2v) is 3.54. The molecule has 0 aromatic carbocycles. The van der Waals surface area contributed by atoms with Crippen LogP contribution in [0.5, 0.6) is 0 Å². The third-order valence-electron chi connectivity index (χ3n) is 1.92. The van der Waals surface area contributed by atoms with Crippen molar-refractivity contribution in [2.24, 2.45) is 5.73 Å². The molecule has 3 heteroatoms. The number of hydrogen-bond acceptors (Lipinski definition) is 3. The summed E-state index contributed by atoms with van der Waals surface area (Å²) in [4.78, 5) is 0. The fourth-order valence-electron chi connectivity index (χ4n) is 1.31. The van der Waals surface area contributed by atoms with Gasteiger partial charge in [-0.15, -0.1) is 0 Å². The smallest absolute Gasteiger partial charge is 0.0420 e. The van der Waals surface area contributed by atoms with E-state index in [0.29, 0.717) is 11.7 Å². The maximum Gasteiger partial charge on any atom is 0.0420 e. The van der Waals surface area contributed by atoms with E-state index in [1.54, 1.807) is 12.2 Å². The molecule has 0 aliphatic heterocycles. The van der Waals surface area contributed by atoms with Crippen LogP contribution in [-0.2, 0) is 0 Å². The van der Waals surface area contributed by atoms with Gasteiger partial charge < -0.3 is 16.5 Å². The molecular weight excluding hydrogens is 186 g/mol. The fourth-order valence-corrected chi connectivity index (χ4v) is 1.31. The molecule has 15 heavy (non-hydrogen) atoms. The molecule has 0 saturated heterocycles. The molecule has 4 N–H and O–H groups in total. The summed E-state index contributed by atoms with van der Waals surface area (Å²) in [6, 6.07) is 0.364. The monoisotopic (exact) mass is 207 g/mol. The van der Waals surface area contributed by atoms with Crippen LogP contribution in [0.3, 0.4) is 0 Å². The van der Waals surface area contributed by atoms with Crippen molar-refractivity contribution in [3.63, 3.8) is 0 Å². The minimum atomic E-state index is 0.364. The summed E-state index contributed by atoms with van der Waals surface area (Å²) in [5, 5.41) is 10.3. The van der Waals surface area contributed by atoms with E-state index in [4.69, 9.17) is 11.1 Å². The topological polar surface area (TPSA) is 61.9 Å². The van der Waals surface area contributed by atoms with Crippen LogP contribution < -0.4 is 11.1 Å². The van der Waals surface area contributed by atoms with Crippen molar-refractivity contribution in [2.75, 3.05) is 0 Å². The minimum Gasteiger partial charge on any atom is -0.398 e. The van der Waals surface area contributed by atoms with Crippen molar-refractivity contribution in [2.45, 2.75) is 33.2 Å². The molecule has 0 aromatic rings. The van der Waals surface area contributed by atoms with Crippen LogP contribution in [0.25, 0.3) is 0 Å². The normalized spacial score (nSPS) is 13.5. The molecule has 0 aliphatic rings. The Hall–Kier alpha value is -1.51. The van der Waals surface area contributed by atoms with Gasteiger partial charge in [-0.05, 0) is 26.3 Å². The quantitative estimate of drug-likeness (QED) is 0.462. The third kappa shape index (κ3) is 4.49. The van der Waals surface area contributed by atoms with Crippen molar-refractivity contribution in [3.05, 3.63) is 35.7 Å². The van der Waals surface area contributed by atoms with Crippen LogP contribution in [0.1, 0.15) is 27.2 Å². The molecule has 0 aromatic heterocycles. The summed E-state index contributed by atoms with van der Waals surface area (Å²) >= 11 is 0. The first-order chi connectivity index (χ1) is 7.06. The van der Waals surface area contributed by atoms with Gasteiger partial charge in [-0.1, -0.05) is 19.6 Å². The SMILES string of the molecule is C=CC(/C(N)=C/C=N)=C(\CC)NC(C)C. The Kier molecular flexibility index (Phi) is 6.18. The van der Waals surface area contributed by atoms with E-state index in [0.717, 1.165) is 17.7 Å². The van der Waals surface area contributed by atoms with Gasteiger partial charge >= 0.3 is 0 Å². The highest BCUT2D eigenvalue weighted by molar-refractivity contribution is 5.71.